The van der Waals surface area contributed by atoms with E-state index in [1.165, 1.54) is 6.33 Å². The minimum absolute atomic E-state index is 0.192. The van der Waals surface area contributed by atoms with Crippen LogP contribution in [0.25, 0.3) is 27.8 Å². The Labute approximate surface area is 230 Å². The predicted octanol–water partition coefficient (Wildman–Crippen LogP) is 4.18. The van der Waals surface area contributed by atoms with Crippen LogP contribution in [-0.2, 0) is 17.7 Å². The van der Waals surface area contributed by atoms with Crippen molar-refractivity contribution in [3.8, 4) is 16.8 Å². The summed E-state index contributed by atoms with van der Waals surface area (Å²) < 4.78 is 11.3. The summed E-state index contributed by atoms with van der Waals surface area (Å²) in [4.78, 5) is 35.8. The number of nitrogens with zero attached hydrogens (tertiary/aromatic N) is 5. The highest BCUT2D eigenvalue weighted by molar-refractivity contribution is 6.05. The van der Waals surface area contributed by atoms with E-state index in [4.69, 9.17) is 10.5 Å². The second kappa shape index (κ2) is 9.80. The molecular formula is C30H29N7O3. The lowest BCUT2D eigenvalue weighted by Crippen LogP contribution is -2.25. The molecule has 2 aliphatic heterocycles. The van der Waals surface area contributed by atoms with E-state index in [1.807, 2.05) is 59.3 Å². The second-order valence-corrected chi connectivity index (χ2v) is 10.3. The van der Waals surface area contributed by atoms with E-state index in [-0.39, 0.29) is 17.2 Å². The molecule has 40 heavy (non-hydrogen) atoms. The molecule has 0 radical (unpaired) electrons. The summed E-state index contributed by atoms with van der Waals surface area (Å²) in [7, 11) is 0. The molecule has 5 heterocycles. The molecule has 5 aromatic rings. The number of hydrogen-bond acceptors (Lipinski definition) is 6. The van der Waals surface area contributed by atoms with Crippen molar-refractivity contribution in [1.29, 1.82) is 0 Å². The molecule has 2 aromatic carbocycles. The Morgan fingerprint density at radius 2 is 1.88 bits per heavy atom. The number of ether oxygens (including phenoxy) is 1. The fourth-order valence-corrected chi connectivity index (χ4v) is 5.96. The van der Waals surface area contributed by atoms with Crippen molar-refractivity contribution < 1.29 is 9.53 Å². The average Bonchev–Trinajstić information content (AvgIpc) is 3.70. The third-order valence-corrected chi connectivity index (χ3v) is 7.90. The molecule has 3 N–H and O–H groups in total. The Kier molecular flexibility index (Phi) is 5.96. The molecule has 2 aliphatic rings. The molecule has 0 saturated carbocycles. The van der Waals surface area contributed by atoms with Crippen molar-refractivity contribution in [2.45, 2.75) is 38.3 Å². The van der Waals surface area contributed by atoms with Crippen molar-refractivity contribution in [3.63, 3.8) is 0 Å². The van der Waals surface area contributed by atoms with Gasteiger partial charge in [0.2, 0.25) is 0 Å². The van der Waals surface area contributed by atoms with Gasteiger partial charge in [-0.05, 0) is 55.5 Å². The fourth-order valence-electron chi connectivity index (χ4n) is 5.96. The highest BCUT2D eigenvalue weighted by Crippen LogP contribution is 2.36. The predicted molar refractivity (Wildman–Crippen MR) is 153 cm³/mol. The molecule has 10 nitrogen and oxygen atoms in total. The van der Waals surface area contributed by atoms with E-state index < -0.39 is 5.91 Å². The number of carbonyl (C=O) groups excluding carboxylic acids is 1. The molecule has 0 aliphatic carbocycles. The molecule has 7 rings (SSSR count). The van der Waals surface area contributed by atoms with Crippen LogP contribution in [0.3, 0.4) is 0 Å². The first-order valence-corrected chi connectivity index (χ1v) is 13.6. The standard InChI is InChI=1S/C30H29N7O3/c31-27-25-23(16-35(22-13-15-40-17-22)28(25)33-18-32-27)19-9-11-20(12-10-19)34-29(38)26-24-8-4-5-14-36(24)37(30(26)39)21-6-2-1-3-7-21/h1-3,6-7,9-12,16,18,22H,4-5,8,13-15,17H2,(H,34,38)(H2,31,32,33). The van der Waals surface area contributed by atoms with Crippen molar-refractivity contribution in [2.75, 3.05) is 24.3 Å². The van der Waals surface area contributed by atoms with Gasteiger partial charge in [-0.15, -0.1) is 0 Å². The number of nitrogens with two attached hydrogens (primary N) is 1. The molecule has 0 spiro atoms. The van der Waals surface area contributed by atoms with Gasteiger partial charge in [-0.25, -0.2) is 14.6 Å². The van der Waals surface area contributed by atoms with Crippen LogP contribution < -0.4 is 16.6 Å². The van der Waals surface area contributed by atoms with Crippen LogP contribution >= 0.6 is 0 Å². The van der Waals surface area contributed by atoms with E-state index in [0.717, 1.165) is 59.4 Å². The van der Waals surface area contributed by atoms with E-state index in [9.17, 15) is 9.59 Å². The minimum atomic E-state index is -0.395. The monoisotopic (exact) mass is 535 g/mol. The maximum atomic E-state index is 13.5. The first-order valence-electron chi connectivity index (χ1n) is 13.6. The molecule has 1 amide bonds. The highest BCUT2D eigenvalue weighted by Gasteiger charge is 2.28. The number of para-hydroxylation sites is 1. The van der Waals surface area contributed by atoms with Gasteiger partial charge in [-0.3, -0.25) is 14.3 Å². The van der Waals surface area contributed by atoms with Gasteiger partial charge in [0.25, 0.3) is 11.5 Å². The van der Waals surface area contributed by atoms with Gasteiger partial charge < -0.3 is 20.4 Å². The summed E-state index contributed by atoms with van der Waals surface area (Å²) in [5, 5.41) is 3.75. The Morgan fingerprint density at radius 3 is 2.65 bits per heavy atom. The van der Waals surface area contributed by atoms with E-state index in [1.54, 1.807) is 4.68 Å². The molecule has 1 unspecified atom stereocenters. The number of aromatic nitrogens is 5. The van der Waals surface area contributed by atoms with Crippen molar-refractivity contribution >= 4 is 28.4 Å². The first-order chi connectivity index (χ1) is 19.6. The zero-order valence-electron chi connectivity index (χ0n) is 21.9. The Morgan fingerprint density at radius 1 is 1.05 bits per heavy atom. The Hall–Kier alpha value is -4.70. The number of benzene rings is 2. The van der Waals surface area contributed by atoms with Gasteiger partial charge in [0.15, 0.2) is 0 Å². The van der Waals surface area contributed by atoms with Crippen LogP contribution in [0.15, 0.2) is 71.9 Å². The lowest BCUT2D eigenvalue weighted by molar-refractivity contribution is 0.102. The van der Waals surface area contributed by atoms with Gasteiger partial charge in [-0.2, -0.15) is 0 Å². The van der Waals surface area contributed by atoms with Gasteiger partial charge in [-0.1, -0.05) is 30.3 Å². The summed E-state index contributed by atoms with van der Waals surface area (Å²) in [6.07, 6.45) is 7.06. The number of carbonyl (C=O) groups is 1. The summed E-state index contributed by atoms with van der Waals surface area (Å²) in [6, 6.07) is 17.2. The number of nitrogens with one attached hydrogen (secondary N) is 1. The van der Waals surface area contributed by atoms with Crippen LogP contribution in [0.5, 0.6) is 0 Å². The van der Waals surface area contributed by atoms with Crippen LogP contribution in [-0.4, -0.2) is 43.0 Å². The zero-order valence-corrected chi connectivity index (χ0v) is 21.9. The average molecular weight is 536 g/mol. The summed E-state index contributed by atoms with van der Waals surface area (Å²) >= 11 is 0. The van der Waals surface area contributed by atoms with E-state index >= 15 is 0 Å². The number of rotatable bonds is 5. The first kappa shape index (κ1) is 24.3. The largest absolute Gasteiger partial charge is 0.383 e. The molecule has 10 heteroatoms. The number of amides is 1. The number of nitrogen functional groups attached to an aromatic ring is 1. The molecule has 1 atom stereocenters. The number of hydrogen-bond donors (Lipinski definition) is 2. The van der Waals surface area contributed by atoms with Gasteiger partial charge >= 0.3 is 0 Å². The lowest BCUT2D eigenvalue weighted by atomic mass is 10.0. The van der Waals surface area contributed by atoms with Gasteiger partial charge in [0, 0.05) is 30.6 Å². The van der Waals surface area contributed by atoms with Crippen LogP contribution in [0.2, 0.25) is 0 Å². The van der Waals surface area contributed by atoms with Crippen molar-refractivity contribution in [3.05, 3.63) is 88.7 Å². The van der Waals surface area contributed by atoms with E-state index in [2.05, 4.69) is 26.0 Å². The van der Waals surface area contributed by atoms with Crippen molar-refractivity contribution in [2.24, 2.45) is 0 Å². The molecule has 202 valence electrons. The van der Waals surface area contributed by atoms with Crippen LogP contribution in [0.1, 0.15) is 41.4 Å². The SMILES string of the molecule is Nc1ncnc2c1c(-c1ccc(NC(=O)c3c4n(n(-c5ccccc5)c3=O)CCCC4)cc1)cn2C1CCOC1. The lowest BCUT2D eigenvalue weighted by Gasteiger charge is -2.19. The maximum absolute atomic E-state index is 13.5. The number of fused-ring (bicyclic) bond motifs is 2. The number of anilines is 2. The minimum Gasteiger partial charge on any atom is -0.383 e. The molecule has 1 fully saturated rings. The fraction of sp³-hybridized carbons (Fsp3) is 0.267. The summed E-state index contributed by atoms with van der Waals surface area (Å²) in [6.45, 7) is 2.05. The second-order valence-electron chi connectivity index (χ2n) is 10.3. The topological polar surface area (TPSA) is 122 Å². The quantitative estimate of drug-likeness (QED) is 0.348. The smallest absolute Gasteiger partial charge is 0.284 e. The van der Waals surface area contributed by atoms with Gasteiger partial charge in [0.05, 0.1) is 29.4 Å². The molecule has 0 bridgehead atoms. The maximum Gasteiger partial charge on any atom is 0.284 e. The Balaban J connectivity index is 1.21. The van der Waals surface area contributed by atoms with Crippen LogP contribution in [0.4, 0.5) is 11.5 Å². The third kappa shape index (κ3) is 3.99. The zero-order chi connectivity index (χ0) is 27.2. The molecule has 1 saturated heterocycles. The molecule has 3 aromatic heterocycles. The van der Waals surface area contributed by atoms with Crippen LogP contribution in [0, 0.1) is 0 Å². The summed E-state index contributed by atoms with van der Waals surface area (Å²) in [5.74, 6) is 0.0248. The van der Waals surface area contributed by atoms with Crippen molar-refractivity contribution in [1.82, 2.24) is 23.9 Å². The van der Waals surface area contributed by atoms with E-state index in [0.29, 0.717) is 31.1 Å². The summed E-state index contributed by atoms with van der Waals surface area (Å²) in [5.41, 5.74) is 11.0. The Bertz CT molecular complexity index is 1780. The van der Waals surface area contributed by atoms with Gasteiger partial charge in [0.1, 0.15) is 23.4 Å². The molecular weight excluding hydrogens is 506 g/mol. The normalized spacial score (nSPS) is 16.8. The highest BCUT2D eigenvalue weighted by atomic mass is 16.5. The third-order valence-electron chi connectivity index (χ3n) is 7.90.